The minimum Gasteiger partial charge on any atom is -0.507 e. The van der Waals surface area contributed by atoms with Crippen LogP contribution in [0.4, 0.5) is 0 Å². The van der Waals surface area contributed by atoms with Gasteiger partial charge in [-0.1, -0.05) is 181 Å². The van der Waals surface area contributed by atoms with Crippen molar-refractivity contribution in [1.29, 1.82) is 0 Å². The van der Waals surface area contributed by atoms with E-state index in [0.717, 1.165) is 60.8 Å². The zero-order valence-electron chi connectivity index (χ0n) is 56.8. The molecule has 1 fully saturated rings. The van der Waals surface area contributed by atoms with Crippen molar-refractivity contribution in [3.8, 4) is 11.5 Å². The summed E-state index contributed by atoms with van der Waals surface area (Å²) in [6, 6.07) is 9.37. The number of aliphatic carboxylic acids is 2. The number of hydrogen-bond acceptors (Lipinski definition) is 6. The fourth-order valence-electron chi connectivity index (χ4n) is 12.3. The van der Waals surface area contributed by atoms with Gasteiger partial charge in [-0.25, -0.2) is 0 Å². The molecule has 0 amide bonds. The zero-order valence-corrected chi connectivity index (χ0v) is 57.9. The van der Waals surface area contributed by atoms with Gasteiger partial charge in [0.05, 0.1) is 64.4 Å². The predicted octanol–water partition coefficient (Wildman–Crippen LogP) is 19.8. The van der Waals surface area contributed by atoms with E-state index in [4.69, 9.17) is 20.2 Å². The summed E-state index contributed by atoms with van der Waals surface area (Å²) in [7, 11) is 0. The second-order valence-electron chi connectivity index (χ2n) is 25.7. The van der Waals surface area contributed by atoms with Gasteiger partial charge >= 0.3 is 11.9 Å². The first-order valence-corrected chi connectivity index (χ1v) is 32.6. The van der Waals surface area contributed by atoms with Crippen LogP contribution in [0.2, 0.25) is 0 Å². The second-order valence-corrected chi connectivity index (χ2v) is 25.7. The summed E-state index contributed by atoms with van der Waals surface area (Å²) < 4.78 is 2.57. The summed E-state index contributed by atoms with van der Waals surface area (Å²) in [4.78, 5) is 29.3. The molecule has 84 heavy (non-hydrogen) atoms. The van der Waals surface area contributed by atoms with Crippen LogP contribution in [0.15, 0.2) is 34.3 Å². The Morgan fingerprint density at radius 1 is 0.488 bits per heavy atom. The summed E-state index contributed by atoms with van der Waals surface area (Å²) in [6.07, 6.45) is 32.5. The van der Waals surface area contributed by atoms with Gasteiger partial charge in [-0.2, -0.15) is 0 Å². The monoisotopic (exact) mass is 1220 g/mol. The minimum absolute atomic E-state index is 0. The first-order chi connectivity index (χ1) is 37.6. The van der Waals surface area contributed by atoms with Gasteiger partial charge < -0.3 is 51.7 Å². The van der Waals surface area contributed by atoms with Crippen LogP contribution >= 0.6 is 0 Å². The van der Waals surface area contributed by atoms with Gasteiger partial charge in [-0.3, -0.25) is 19.6 Å². The van der Waals surface area contributed by atoms with Gasteiger partial charge in [-0.05, 0) is 147 Å². The maximum Gasteiger partial charge on any atom is 0.314 e. The molecule has 2 unspecified atom stereocenters. The molecular weight excluding hydrogens is 1090 g/mol. The first-order valence-electron chi connectivity index (χ1n) is 32.6. The zero-order chi connectivity index (χ0) is 59.1. The molecule has 1 aliphatic rings. The number of carbonyl (C=O) groups is 2. The van der Waals surface area contributed by atoms with E-state index in [1.54, 1.807) is 0 Å². The van der Waals surface area contributed by atoms with Crippen molar-refractivity contribution in [2.45, 2.75) is 300 Å². The molecule has 0 heterocycles. The van der Waals surface area contributed by atoms with Crippen LogP contribution in [0.3, 0.4) is 0 Å². The maximum absolute atomic E-state index is 12.1. The van der Waals surface area contributed by atoms with Gasteiger partial charge in [0, 0.05) is 40.3 Å². The fourth-order valence-corrected chi connectivity index (χ4v) is 12.3. The Hall–Kier alpha value is -3.25. The van der Waals surface area contributed by atoms with Crippen LogP contribution in [0.25, 0.3) is 0 Å². The van der Waals surface area contributed by atoms with Crippen LogP contribution in [-0.2, 0) is 37.2 Å². The van der Waals surface area contributed by atoms with E-state index in [1.807, 2.05) is 12.4 Å². The molecule has 3 rings (SSSR count). The van der Waals surface area contributed by atoms with Gasteiger partial charge in [0.2, 0.25) is 0 Å². The first kappa shape index (κ1) is 87.2. The number of carboxylic acids is 2. The Labute approximate surface area is 530 Å². The van der Waals surface area contributed by atoms with Gasteiger partial charge in [-0.15, -0.1) is 0 Å². The fraction of sp³-hybridized carbons (Fsp3) is 0.740. The largest absolute Gasteiger partial charge is 0.507 e. The number of rotatable bonds is 42. The van der Waals surface area contributed by atoms with Crippen molar-refractivity contribution in [3.05, 3.63) is 79.9 Å². The molecule has 493 valence electrons. The quantitative estimate of drug-likeness (QED) is 0.0226. The number of phenols is 2. The molecule has 2 aromatic rings. The maximum atomic E-state index is 12.1. The molecule has 10 nitrogen and oxygen atoms in total. The SMILES string of the molecule is C.CCCCC(C)(CCCC)c1cc(C=NC2CCC2N=Cc2cc(C(C)(CCC[N+](CCCC)(CCCC)CCCC)CCC[N+](CCCC)(CCCC)CCCC)cc(C(C)C)c2O)c(O)c(C(C)C)c1.O=C(O)CC(=O)O.[CH3-].[CH3-].[CH3-].[Co]. The number of aliphatic imine (C=N–C) groups is 2. The van der Waals surface area contributed by atoms with Crippen LogP contribution in [0.1, 0.15) is 310 Å². The topological polar surface area (TPSA) is 140 Å². The van der Waals surface area contributed by atoms with Crippen molar-refractivity contribution < 1.29 is 55.8 Å². The van der Waals surface area contributed by atoms with Crippen molar-refractivity contribution in [2.24, 2.45) is 9.98 Å². The van der Waals surface area contributed by atoms with Gasteiger partial charge in [0.15, 0.2) is 0 Å². The third-order valence-corrected chi connectivity index (χ3v) is 18.1. The molecule has 1 aliphatic carbocycles. The van der Waals surface area contributed by atoms with Crippen LogP contribution in [0, 0.1) is 22.3 Å². The average Bonchev–Trinajstić information content (AvgIpc) is 3.40. The van der Waals surface area contributed by atoms with E-state index in [0.29, 0.717) is 11.5 Å². The normalized spacial score (nSPS) is 14.4. The summed E-state index contributed by atoms with van der Waals surface area (Å²) in [5, 5.41) is 39.1. The molecule has 2 aromatic carbocycles. The summed E-state index contributed by atoms with van der Waals surface area (Å²) in [5.74, 6) is -1.46. The molecular formula is C73H135CoN4O6-. The Balaban J connectivity index is -0.00000250. The van der Waals surface area contributed by atoms with Gasteiger partial charge in [0.1, 0.15) is 17.9 Å². The number of aromatic hydroxyl groups is 2. The average molecular weight is 1220 g/mol. The molecule has 0 aliphatic heterocycles. The summed E-state index contributed by atoms with van der Waals surface area (Å²) in [5.41, 5.74) is 6.53. The van der Waals surface area contributed by atoms with Crippen LogP contribution < -0.4 is 0 Å². The third kappa shape index (κ3) is 29.2. The van der Waals surface area contributed by atoms with E-state index >= 15 is 0 Å². The number of phenolic OH excluding ortho intramolecular Hbond substituents is 2. The third-order valence-electron chi connectivity index (χ3n) is 18.1. The van der Waals surface area contributed by atoms with Crippen molar-refractivity contribution in [3.63, 3.8) is 0 Å². The molecule has 1 radical (unpaired) electrons. The molecule has 4 N–H and O–H groups in total. The Kier molecular flexibility index (Phi) is 47.7. The molecule has 0 saturated heterocycles. The van der Waals surface area contributed by atoms with E-state index in [-0.39, 0.29) is 81.2 Å². The van der Waals surface area contributed by atoms with E-state index in [2.05, 4.69) is 121 Å². The van der Waals surface area contributed by atoms with Crippen molar-refractivity contribution in [1.82, 2.24) is 0 Å². The molecule has 11 heteroatoms. The Morgan fingerprint density at radius 2 is 0.738 bits per heavy atom. The molecule has 0 spiro atoms. The molecule has 0 aromatic heterocycles. The Morgan fingerprint density at radius 3 is 0.952 bits per heavy atom. The van der Waals surface area contributed by atoms with Crippen LogP contribution in [-0.4, -0.2) is 118 Å². The number of carboxylic acid groups (broad SMARTS) is 2. The smallest absolute Gasteiger partial charge is 0.314 e. The molecule has 2 atom stereocenters. The number of benzene rings is 2. The second kappa shape index (κ2) is 45.9. The Bertz CT molecular complexity index is 2000. The number of nitrogens with zero attached hydrogens (tertiary/aromatic N) is 4. The predicted molar refractivity (Wildman–Crippen MR) is 363 cm³/mol. The number of hydrogen-bond donors (Lipinski definition) is 4. The van der Waals surface area contributed by atoms with E-state index in [9.17, 15) is 19.8 Å². The standard InChI is InChI=1S/C66H116N4O2.C3H4O4.CH4.3CH3.Co/c1-15-23-35-65(13,36-24-16-2)57-47-55(63(71)59(49-57)53(9)10)51-67-61-33-34-62(61)68-52-56-48-58(50-60(54(11)12)64(56)72)66(14,37-31-45-69(39-25-17-3,40-26-18-4)41-27-19-5)38-32-46-70(42-28-20-6,43-29-21-7)44-30-22-8;4-2(5)1-3(6)7;;;;;/h47-54,61-62H,15-46H2,1-14H3;1H2,(H,4,5)(H,6,7);1H4;3*1H3;/q;;;3*-1;/p+2. The molecule has 1 saturated carbocycles. The van der Waals surface area contributed by atoms with E-state index < -0.39 is 18.4 Å². The van der Waals surface area contributed by atoms with Crippen LogP contribution in [0.5, 0.6) is 11.5 Å². The minimum atomic E-state index is -1.31. The van der Waals surface area contributed by atoms with Crippen molar-refractivity contribution in [2.75, 3.05) is 52.4 Å². The summed E-state index contributed by atoms with van der Waals surface area (Å²) >= 11 is 0. The van der Waals surface area contributed by atoms with Gasteiger partial charge in [0.25, 0.3) is 0 Å². The number of unbranched alkanes of at least 4 members (excludes halogenated alkanes) is 8. The molecule has 0 bridgehead atoms. The van der Waals surface area contributed by atoms with Crippen molar-refractivity contribution >= 4 is 24.4 Å². The van der Waals surface area contributed by atoms with E-state index in [1.165, 1.54) is 188 Å². The summed E-state index contributed by atoms with van der Waals surface area (Å²) in [6.45, 7) is 43.1. The number of quaternary nitrogens is 2.